The van der Waals surface area contributed by atoms with Gasteiger partial charge in [-0.15, -0.1) is 0 Å². The third kappa shape index (κ3) is 4.10. The number of rotatable bonds is 5. The maximum atomic E-state index is 11.8. The second kappa shape index (κ2) is 6.86. The molecule has 1 saturated heterocycles. The van der Waals surface area contributed by atoms with E-state index < -0.39 is 0 Å². The fraction of sp³-hybridized carbons (Fsp3) is 0.917. The number of carbonyl (C=O) groups is 1. The predicted molar refractivity (Wildman–Crippen MR) is 62.2 cm³/mol. The van der Waals surface area contributed by atoms with Crippen molar-refractivity contribution in [3.05, 3.63) is 0 Å². The summed E-state index contributed by atoms with van der Waals surface area (Å²) in [5, 5.41) is 3.28. The van der Waals surface area contributed by atoms with E-state index in [-0.39, 0.29) is 24.0 Å². The Morgan fingerprint density at radius 1 is 1.56 bits per heavy atom. The van der Waals surface area contributed by atoms with Gasteiger partial charge in [-0.2, -0.15) is 0 Å². The van der Waals surface area contributed by atoms with Gasteiger partial charge in [0, 0.05) is 18.6 Å². The summed E-state index contributed by atoms with van der Waals surface area (Å²) in [5.41, 5.74) is 0. The van der Waals surface area contributed by atoms with Crippen molar-refractivity contribution in [3.63, 3.8) is 0 Å². The minimum Gasteiger partial charge on any atom is -0.465 e. The standard InChI is InChI=1S/C12H23NO3/c1-4-16-12(14)11(13-9(2)3)10-6-5-7-15-8-10/h9-11,13H,4-8H2,1-3H3. The van der Waals surface area contributed by atoms with Crippen LogP contribution >= 0.6 is 0 Å². The van der Waals surface area contributed by atoms with Gasteiger partial charge in [0.2, 0.25) is 0 Å². The Morgan fingerprint density at radius 3 is 2.81 bits per heavy atom. The molecule has 0 saturated carbocycles. The second-order valence-electron chi connectivity index (χ2n) is 4.53. The molecule has 1 aliphatic rings. The molecule has 16 heavy (non-hydrogen) atoms. The van der Waals surface area contributed by atoms with E-state index in [4.69, 9.17) is 9.47 Å². The van der Waals surface area contributed by atoms with Gasteiger partial charge < -0.3 is 14.8 Å². The van der Waals surface area contributed by atoms with E-state index in [2.05, 4.69) is 5.32 Å². The molecular weight excluding hydrogens is 206 g/mol. The number of hydrogen-bond acceptors (Lipinski definition) is 4. The van der Waals surface area contributed by atoms with Crippen molar-refractivity contribution in [1.82, 2.24) is 5.32 Å². The molecule has 0 aromatic carbocycles. The fourth-order valence-electron chi connectivity index (χ4n) is 2.02. The molecule has 1 N–H and O–H groups in total. The molecule has 2 unspecified atom stereocenters. The number of carbonyl (C=O) groups excluding carboxylic acids is 1. The Kier molecular flexibility index (Phi) is 5.77. The third-order valence-electron chi connectivity index (χ3n) is 2.72. The van der Waals surface area contributed by atoms with Gasteiger partial charge in [-0.25, -0.2) is 0 Å². The lowest BCUT2D eigenvalue weighted by molar-refractivity contribution is -0.149. The van der Waals surface area contributed by atoms with Crippen molar-refractivity contribution in [1.29, 1.82) is 0 Å². The minimum absolute atomic E-state index is 0.147. The molecule has 0 amide bonds. The van der Waals surface area contributed by atoms with Crippen LogP contribution in [0.3, 0.4) is 0 Å². The third-order valence-corrected chi connectivity index (χ3v) is 2.72. The Hall–Kier alpha value is -0.610. The van der Waals surface area contributed by atoms with E-state index >= 15 is 0 Å². The van der Waals surface area contributed by atoms with Crippen molar-refractivity contribution in [3.8, 4) is 0 Å². The van der Waals surface area contributed by atoms with Crippen LogP contribution in [-0.2, 0) is 14.3 Å². The van der Waals surface area contributed by atoms with E-state index in [0.29, 0.717) is 13.2 Å². The molecule has 0 bridgehead atoms. The van der Waals surface area contributed by atoms with Gasteiger partial charge in [-0.1, -0.05) is 13.8 Å². The first-order valence-electron chi connectivity index (χ1n) is 6.15. The zero-order valence-corrected chi connectivity index (χ0v) is 10.5. The minimum atomic E-state index is -0.222. The van der Waals surface area contributed by atoms with Gasteiger partial charge in [-0.05, 0) is 19.8 Å². The van der Waals surface area contributed by atoms with E-state index in [1.807, 2.05) is 20.8 Å². The molecule has 4 nitrogen and oxygen atoms in total. The fourth-order valence-corrected chi connectivity index (χ4v) is 2.02. The van der Waals surface area contributed by atoms with Crippen LogP contribution in [0.15, 0.2) is 0 Å². The summed E-state index contributed by atoms with van der Waals surface area (Å²) in [6, 6.07) is 0.0524. The molecule has 1 fully saturated rings. The van der Waals surface area contributed by atoms with Gasteiger partial charge >= 0.3 is 5.97 Å². The Balaban J connectivity index is 2.57. The molecule has 0 aromatic rings. The molecule has 0 aromatic heterocycles. The number of ether oxygens (including phenoxy) is 2. The summed E-state index contributed by atoms with van der Waals surface area (Å²) in [4.78, 5) is 11.8. The highest BCUT2D eigenvalue weighted by molar-refractivity contribution is 5.76. The lowest BCUT2D eigenvalue weighted by atomic mass is 9.93. The summed E-state index contributed by atoms with van der Waals surface area (Å²) >= 11 is 0. The second-order valence-corrected chi connectivity index (χ2v) is 4.53. The molecule has 0 spiro atoms. The quantitative estimate of drug-likeness (QED) is 0.723. The van der Waals surface area contributed by atoms with Gasteiger partial charge in [0.1, 0.15) is 6.04 Å². The molecule has 0 radical (unpaired) electrons. The van der Waals surface area contributed by atoms with E-state index in [0.717, 1.165) is 19.4 Å². The average Bonchev–Trinajstić information content (AvgIpc) is 2.27. The molecule has 4 heteroatoms. The number of hydrogen-bond donors (Lipinski definition) is 1. The van der Waals surface area contributed by atoms with Gasteiger partial charge in [0.05, 0.1) is 13.2 Å². The predicted octanol–water partition coefficient (Wildman–Crippen LogP) is 1.34. The molecule has 1 heterocycles. The maximum absolute atomic E-state index is 11.8. The van der Waals surface area contributed by atoms with Crippen LogP contribution in [0.25, 0.3) is 0 Å². The van der Waals surface area contributed by atoms with Crippen LogP contribution in [0.2, 0.25) is 0 Å². The SMILES string of the molecule is CCOC(=O)C(NC(C)C)C1CCCOC1. The smallest absolute Gasteiger partial charge is 0.323 e. The first-order valence-corrected chi connectivity index (χ1v) is 6.15. The highest BCUT2D eigenvalue weighted by atomic mass is 16.5. The van der Waals surface area contributed by atoms with E-state index in [1.54, 1.807) is 0 Å². The molecule has 1 rings (SSSR count). The summed E-state index contributed by atoms with van der Waals surface area (Å²) < 4.78 is 10.5. The van der Waals surface area contributed by atoms with Crippen molar-refractivity contribution in [2.24, 2.45) is 5.92 Å². The van der Waals surface area contributed by atoms with Gasteiger partial charge in [0.25, 0.3) is 0 Å². The topological polar surface area (TPSA) is 47.6 Å². The van der Waals surface area contributed by atoms with Crippen LogP contribution in [0, 0.1) is 5.92 Å². The van der Waals surface area contributed by atoms with Crippen LogP contribution in [0.1, 0.15) is 33.6 Å². The zero-order valence-electron chi connectivity index (χ0n) is 10.5. The largest absolute Gasteiger partial charge is 0.465 e. The molecule has 0 aliphatic carbocycles. The van der Waals surface area contributed by atoms with Crippen LogP contribution < -0.4 is 5.32 Å². The van der Waals surface area contributed by atoms with Crippen LogP contribution in [-0.4, -0.2) is 37.9 Å². The first kappa shape index (κ1) is 13.5. The summed E-state index contributed by atoms with van der Waals surface area (Å²) in [7, 11) is 0. The Bertz CT molecular complexity index is 212. The highest BCUT2D eigenvalue weighted by Gasteiger charge is 2.31. The zero-order chi connectivity index (χ0) is 12.0. The van der Waals surface area contributed by atoms with Crippen LogP contribution in [0.4, 0.5) is 0 Å². The first-order chi connectivity index (χ1) is 7.65. The Labute approximate surface area is 97.7 Å². The summed E-state index contributed by atoms with van der Waals surface area (Å²) in [6.07, 6.45) is 2.06. The molecule has 2 atom stereocenters. The van der Waals surface area contributed by atoms with Gasteiger partial charge in [-0.3, -0.25) is 4.79 Å². The van der Waals surface area contributed by atoms with Crippen molar-refractivity contribution >= 4 is 5.97 Å². The highest BCUT2D eigenvalue weighted by Crippen LogP contribution is 2.19. The summed E-state index contributed by atoms with van der Waals surface area (Å²) in [6.45, 7) is 7.81. The normalized spacial score (nSPS) is 23.1. The summed E-state index contributed by atoms with van der Waals surface area (Å²) in [5.74, 6) is 0.0990. The lowest BCUT2D eigenvalue weighted by Crippen LogP contribution is -2.49. The molecule has 94 valence electrons. The lowest BCUT2D eigenvalue weighted by Gasteiger charge is -2.30. The number of esters is 1. The monoisotopic (exact) mass is 229 g/mol. The van der Waals surface area contributed by atoms with E-state index in [9.17, 15) is 4.79 Å². The van der Waals surface area contributed by atoms with Crippen molar-refractivity contribution in [2.45, 2.75) is 45.7 Å². The molecular formula is C12H23NO3. The maximum Gasteiger partial charge on any atom is 0.323 e. The molecule has 1 aliphatic heterocycles. The van der Waals surface area contributed by atoms with Gasteiger partial charge in [0.15, 0.2) is 0 Å². The van der Waals surface area contributed by atoms with E-state index in [1.165, 1.54) is 0 Å². The van der Waals surface area contributed by atoms with Crippen LogP contribution in [0.5, 0.6) is 0 Å². The average molecular weight is 229 g/mol. The number of nitrogens with one attached hydrogen (secondary N) is 1. The van der Waals surface area contributed by atoms with Crippen molar-refractivity contribution in [2.75, 3.05) is 19.8 Å². The van der Waals surface area contributed by atoms with Crippen molar-refractivity contribution < 1.29 is 14.3 Å². The Morgan fingerprint density at radius 2 is 2.31 bits per heavy atom.